The van der Waals surface area contributed by atoms with Crippen LogP contribution in [0.15, 0.2) is 24.3 Å². The summed E-state index contributed by atoms with van der Waals surface area (Å²) in [6.07, 6.45) is 6.07. The molecule has 0 amide bonds. The lowest BCUT2D eigenvalue weighted by atomic mass is 9.99. The third kappa shape index (κ3) is 4.81. The third-order valence-electron chi connectivity index (χ3n) is 3.66. The Morgan fingerprint density at radius 2 is 2.32 bits per heavy atom. The molecular weight excluding hydrogens is 257 g/mol. The maximum Gasteiger partial charge on any atom is 0.123 e. The zero-order valence-corrected chi connectivity index (χ0v) is 12.5. The van der Waals surface area contributed by atoms with E-state index in [1.165, 1.54) is 31.1 Å². The van der Waals surface area contributed by atoms with Crippen LogP contribution >= 0.6 is 11.8 Å². The van der Waals surface area contributed by atoms with Gasteiger partial charge in [-0.05, 0) is 55.7 Å². The molecule has 0 saturated carbocycles. The summed E-state index contributed by atoms with van der Waals surface area (Å²) in [7, 11) is 0. The van der Waals surface area contributed by atoms with Crippen molar-refractivity contribution in [1.29, 1.82) is 0 Å². The number of rotatable bonds is 6. The van der Waals surface area contributed by atoms with E-state index in [1.807, 2.05) is 12.1 Å². The maximum absolute atomic E-state index is 13.3. The van der Waals surface area contributed by atoms with Crippen molar-refractivity contribution in [2.24, 2.45) is 0 Å². The Hall–Kier alpha value is -0.540. The monoisotopic (exact) mass is 281 g/mol. The summed E-state index contributed by atoms with van der Waals surface area (Å²) >= 11 is 2.09. The van der Waals surface area contributed by atoms with Crippen LogP contribution in [0, 0.1) is 5.82 Å². The molecule has 1 aromatic rings. The lowest BCUT2D eigenvalue weighted by Crippen LogP contribution is -2.41. The van der Waals surface area contributed by atoms with Gasteiger partial charge in [0, 0.05) is 11.3 Å². The molecule has 0 aliphatic carbocycles. The first kappa shape index (κ1) is 14.9. The highest BCUT2D eigenvalue weighted by Crippen LogP contribution is 2.29. The summed E-state index contributed by atoms with van der Waals surface area (Å²) in [5.41, 5.74) is 1.11. The van der Waals surface area contributed by atoms with Gasteiger partial charge in [-0.1, -0.05) is 25.5 Å². The van der Waals surface area contributed by atoms with E-state index in [2.05, 4.69) is 24.0 Å². The van der Waals surface area contributed by atoms with Crippen molar-refractivity contribution in [3.05, 3.63) is 35.6 Å². The largest absolute Gasteiger partial charge is 0.313 e. The molecule has 3 heteroatoms. The van der Waals surface area contributed by atoms with Gasteiger partial charge in [0.1, 0.15) is 5.82 Å². The molecule has 0 spiro atoms. The van der Waals surface area contributed by atoms with Gasteiger partial charge in [0.15, 0.2) is 0 Å². The van der Waals surface area contributed by atoms with Crippen molar-refractivity contribution < 1.29 is 4.39 Å². The molecule has 2 unspecified atom stereocenters. The zero-order valence-electron chi connectivity index (χ0n) is 11.7. The van der Waals surface area contributed by atoms with Gasteiger partial charge in [-0.25, -0.2) is 4.39 Å². The molecule has 1 aromatic carbocycles. The Morgan fingerprint density at radius 3 is 3.00 bits per heavy atom. The first-order valence-electron chi connectivity index (χ1n) is 7.39. The van der Waals surface area contributed by atoms with Gasteiger partial charge < -0.3 is 5.32 Å². The molecule has 0 bridgehead atoms. The van der Waals surface area contributed by atoms with Crippen molar-refractivity contribution in [1.82, 2.24) is 5.32 Å². The predicted molar refractivity (Wildman–Crippen MR) is 82.3 cm³/mol. The molecule has 0 aromatic heterocycles. The van der Waals surface area contributed by atoms with E-state index in [4.69, 9.17) is 0 Å². The molecule has 0 radical (unpaired) electrons. The molecule has 2 atom stereocenters. The van der Waals surface area contributed by atoms with E-state index >= 15 is 0 Å². The molecular formula is C16H24FNS. The van der Waals surface area contributed by atoms with Crippen LogP contribution < -0.4 is 5.32 Å². The van der Waals surface area contributed by atoms with Crippen LogP contribution in [-0.2, 0) is 6.42 Å². The van der Waals surface area contributed by atoms with Crippen LogP contribution in [0.25, 0.3) is 0 Å². The number of benzene rings is 1. The van der Waals surface area contributed by atoms with E-state index in [1.54, 1.807) is 6.07 Å². The second-order valence-electron chi connectivity index (χ2n) is 5.30. The molecule has 106 valence electrons. The van der Waals surface area contributed by atoms with Crippen molar-refractivity contribution in [2.45, 2.75) is 50.3 Å². The second-order valence-corrected chi connectivity index (χ2v) is 6.65. The standard InChI is InChI=1S/C16H24FNS/c1-2-9-18-15(16-8-3-4-10-19-16)12-13-6-5-7-14(17)11-13/h5-7,11,15-16,18H,2-4,8-10,12H2,1H3. The van der Waals surface area contributed by atoms with Crippen molar-refractivity contribution >= 4 is 11.8 Å². The van der Waals surface area contributed by atoms with Crippen LogP contribution in [0.5, 0.6) is 0 Å². The van der Waals surface area contributed by atoms with Gasteiger partial charge in [0.25, 0.3) is 0 Å². The molecule has 1 aliphatic rings. The molecule has 1 N–H and O–H groups in total. The highest BCUT2D eigenvalue weighted by Gasteiger charge is 2.23. The molecule has 1 saturated heterocycles. The fourth-order valence-corrected chi connectivity index (χ4v) is 4.10. The van der Waals surface area contributed by atoms with E-state index in [-0.39, 0.29) is 5.82 Å². The first-order valence-corrected chi connectivity index (χ1v) is 8.44. The van der Waals surface area contributed by atoms with Gasteiger partial charge in [0.2, 0.25) is 0 Å². The Morgan fingerprint density at radius 1 is 1.42 bits per heavy atom. The normalized spacial score (nSPS) is 21.3. The minimum Gasteiger partial charge on any atom is -0.313 e. The summed E-state index contributed by atoms with van der Waals surface area (Å²) in [5.74, 6) is 1.15. The summed E-state index contributed by atoms with van der Waals surface area (Å²) in [6, 6.07) is 7.53. The summed E-state index contributed by atoms with van der Waals surface area (Å²) in [6.45, 7) is 3.25. The summed E-state index contributed by atoms with van der Waals surface area (Å²) < 4.78 is 13.3. The minimum absolute atomic E-state index is 0.122. The fraction of sp³-hybridized carbons (Fsp3) is 0.625. The van der Waals surface area contributed by atoms with E-state index in [0.717, 1.165) is 24.9 Å². The van der Waals surface area contributed by atoms with E-state index in [9.17, 15) is 4.39 Å². The van der Waals surface area contributed by atoms with Crippen LogP contribution in [0.2, 0.25) is 0 Å². The molecule has 1 heterocycles. The smallest absolute Gasteiger partial charge is 0.123 e. The van der Waals surface area contributed by atoms with Gasteiger partial charge >= 0.3 is 0 Å². The average molecular weight is 281 g/mol. The fourth-order valence-electron chi connectivity index (χ4n) is 2.67. The molecule has 1 nitrogen and oxygen atoms in total. The van der Waals surface area contributed by atoms with Crippen molar-refractivity contribution in [3.63, 3.8) is 0 Å². The average Bonchev–Trinajstić information content (AvgIpc) is 2.44. The predicted octanol–water partition coefficient (Wildman–Crippen LogP) is 4.02. The lowest BCUT2D eigenvalue weighted by molar-refractivity contribution is 0.460. The molecule has 1 fully saturated rings. The number of hydrogen-bond acceptors (Lipinski definition) is 2. The van der Waals surface area contributed by atoms with Gasteiger partial charge in [-0.2, -0.15) is 11.8 Å². The molecule has 2 rings (SSSR count). The Labute approximate surface area is 120 Å². The van der Waals surface area contributed by atoms with Gasteiger partial charge in [-0.3, -0.25) is 0 Å². The highest BCUT2D eigenvalue weighted by atomic mass is 32.2. The van der Waals surface area contributed by atoms with Crippen LogP contribution in [0.3, 0.4) is 0 Å². The molecule has 19 heavy (non-hydrogen) atoms. The Kier molecular flexibility index (Phi) is 6.18. The zero-order chi connectivity index (χ0) is 13.5. The second kappa shape index (κ2) is 7.91. The summed E-state index contributed by atoms with van der Waals surface area (Å²) in [4.78, 5) is 0. The minimum atomic E-state index is -0.122. The number of hydrogen-bond donors (Lipinski definition) is 1. The van der Waals surface area contributed by atoms with Crippen LogP contribution in [-0.4, -0.2) is 23.6 Å². The number of thioether (sulfide) groups is 1. The number of halogens is 1. The molecule has 1 aliphatic heterocycles. The highest BCUT2D eigenvalue weighted by molar-refractivity contribution is 8.00. The maximum atomic E-state index is 13.3. The number of nitrogens with one attached hydrogen (secondary N) is 1. The first-order chi connectivity index (χ1) is 9.29. The van der Waals surface area contributed by atoms with Gasteiger partial charge in [-0.15, -0.1) is 0 Å². The van der Waals surface area contributed by atoms with E-state index in [0.29, 0.717) is 11.3 Å². The van der Waals surface area contributed by atoms with Crippen molar-refractivity contribution in [2.75, 3.05) is 12.3 Å². The Balaban J connectivity index is 1.99. The van der Waals surface area contributed by atoms with Crippen LogP contribution in [0.4, 0.5) is 4.39 Å². The van der Waals surface area contributed by atoms with Crippen LogP contribution in [0.1, 0.15) is 38.2 Å². The van der Waals surface area contributed by atoms with E-state index < -0.39 is 0 Å². The van der Waals surface area contributed by atoms with Gasteiger partial charge in [0.05, 0.1) is 0 Å². The quantitative estimate of drug-likeness (QED) is 0.845. The third-order valence-corrected chi connectivity index (χ3v) is 5.18. The summed E-state index contributed by atoms with van der Waals surface area (Å²) in [5, 5.41) is 4.35. The topological polar surface area (TPSA) is 12.0 Å². The SMILES string of the molecule is CCCNC(Cc1cccc(F)c1)C1CCCCS1. The van der Waals surface area contributed by atoms with Crippen molar-refractivity contribution in [3.8, 4) is 0 Å². The Bertz CT molecular complexity index is 377. The lowest BCUT2D eigenvalue weighted by Gasteiger charge is -2.31.